The van der Waals surface area contributed by atoms with E-state index in [1.165, 1.54) is 11.8 Å². The van der Waals surface area contributed by atoms with Gasteiger partial charge in [-0.15, -0.1) is 11.8 Å². The van der Waals surface area contributed by atoms with Gasteiger partial charge >= 0.3 is 0 Å². The first-order valence-corrected chi connectivity index (χ1v) is 12.9. The molecule has 2 aromatic carbocycles. The molecule has 1 saturated carbocycles. The number of amides is 2. The maximum atomic E-state index is 13.2. The van der Waals surface area contributed by atoms with Gasteiger partial charge in [0.1, 0.15) is 6.04 Å². The summed E-state index contributed by atoms with van der Waals surface area (Å²) in [6.45, 7) is 4.25. The number of nitrogens with zero attached hydrogens (tertiary/aromatic N) is 1. The Morgan fingerprint density at radius 1 is 1.16 bits per heavy atom. The van der Waals surface area contributed by atoms with E-state index in [2.05, 4.69) is 11.4 Å². The smallest absolute Gasteiger partial charge is 0.242 e. The van der Waals surface area contributed by atoms with Crippen LogP contribution in [0.3, 0.4) is 0 Å². The quantitative estimate of drug-likeness (QED) is 0.466. The van der Waals surface area contributed by atoms with Gasteiger partial charge in [0.15, 0.2) is 0 Å². The fraction of sp³-hybridized carbons (Fsp3) is 0.440. The van der Waals surface area contributed by atoms with Crippen molar-refractivity contribution in [3.8, 4) is 0 Å². The second kappa shape index (κ2) is 12.0. The van der Waals surface area contributed by atoms with Gasteiger partial charge in [-0.05, 0) is 49.9 Å². The number of hydrogen-bond acceptors (Lipinski definition) is 3. The minimum absolute atomic E-state index is 0.0596. The highest BCUT2D eigenvalue weighted by Crippen LogP contribution is 2.25. The van der Waals surface area contributed by atoms with Crippen molar-refractivity contribution in [2.45, 2.75) is 63.9 Å². The van der Waals surface area contributed by atoms with Gasteiger partial charge in [-0.3, -0.25) is 9.59 Å². The van der Waals surface area contributed by atoms with Gasteiger partial charge in [-0.25, -0.2) is 0 Å². The van der Waals surface area contributed by atoms with Crippen LogP contribution in [0.2, 0.25) is 10.0 Å². The Morgan fingerprint density at radius 3 is 2.59 bits per heavy atom. The molecule has 0 aliphatic heterocycles. The molecule has 172 valence electrons. The van der Waals surface area contributed by atoms with Crippen LogP contribution in [-0.2, 0) is 21.9 Å². The molecule has 32 heavy (non-hydrogen) atoms. The van der Waals surface area contributed by atoms with Crippen molar-refractivity contribution in [3.63, 3.8) is 0 Å². The Morgan fingerprint density at radius 2 is 1.91 bits per heavy atom. The van der Waals surface area contributed by atoms with Gasteiger partial charge in [0.05, 0.1) is 5.75 Å². The third-order valence-electron chi connectivity index (χ3n) is 5.80. The van der Waals surface area contributed by atoms with Crippen LogP contribution in [0.15, 0.2) is 42.5 Å². The Bertz CT molecular complexity index is 947. The molecule has 4 nitrogen and oxygen atoms in total. The van der Waals surface area contributed by atoms with Crippen LogP contribution in [0.1, 0.15) is 49.3 Å². The molecule has 0 bridgehead atoms. The summed E-state index contributed by atoms with van der Waals surface area (Å²) >= 11 is 13.7. The Labute approximate surface area is 205 Å². The lowest BCUT2D eigenvalue weighted by molar-refractivity contribution is -0.138. The van der Waals surface area contributed by atoms with E-state index >= 15 is 0 Å². The largest absolute Gasteiger partial charge is 0.352 e. The maximum Gasteiger partial charge on any atom is 0.242 e. The molecule has 0 saturated heterocycles. The molecule has 1 fully saturated rings. The van der Waals surface area contributed by atoms with Crippen LogP contribution in [0.4, 0.5) is 0 Å². The van der Waals surface area contributed by atoms with Crippen molar-refractivity contribution >= 4 is 46.8 Å². The molecule has 7 heteroatoms. The Kier molecular flexibility index (Phi) is 9.33. The zero-order valence-electron chi connectivity index (χ0n) is 18.6. The molecule has 0 radical (unpaired) electrons. The van der Waals surface area contributed by atoms with Crippen molar-refractivity contribution < 1.29 is 9.59 Å². The number of thioether (sulfide) groups is 1. The van der Waals surface area contributed by atoms with E-state index in [4.69, 9.17) is 23.2 Å². The van der Waals surface area contributed by atoms with Crippen LogP contribution < -0.4 is 5.32 Å². The van der Waals surface area contributed by atoms with E-state index in [0.29, 0.717) is 22.3 Å². The molecule has 0 unspecified atom stereocenters. The highest BCUT2D eigenvalue weighted by Gasteiger charge is 2.28. The summed E-state index contributed by atoms with van der Waals surface area (Å²) in [5, 5.41) is 4.32. The van der Waals surface area contributed by atoms with E-state index < -0.39 is 6.04 Å². The minimum atomic E-state index is -0.539. The molecule has 0 heterocycles. The fourth-order valence-corrected chi connectivity index (χ4v) is 5.42. The van der Waals surface area contributed by atoms with Gasteiger partial charge in [-0.2, -0.15) is 0 Å². The lowest BCUT2D eigenvalue weighted by Crippen LogP contribution is -2.50. The van der Waals surface area contributed by atoms with Crippen LogP contribution >= 0.6 is 35.0 Å². The van der Waals surface area contributed by atoms with Crippen molar-refractivity contribution in [2.24, 2.45) is 0 Å². The van der Waals surface area contributed by atoms with Crippen LogP contribution in [0.5, 0.6) is 0 Å². The normalized spacial score (nSPS) is 14.9. The second-order valence-corrected chi connectivity index (χ2v) is 10.2. The number of benzene rings is 2. The summed E-state index contributed by atoms with van der Waals surface area (Å²) in [7, 11) is 0. The van der Waals surface area contributed by atoms with Gasteiger partial charge in [0.25, 0.3) is 0 Å². The molecule has 1 atom stereocenters. The fourth-order valence-electron chi connectivity index (χ4n) is 3.95. The number of carbonyl (C=O) groups is 2. The van der Waals surface area contributed by atoms with Gasteiger partial charge in [0, 0.05) is 28.4 Å². The molecule has 1 N–H and O–H groups in total. The van der Waals surface area contributed by atoms with Gasteiger partial charge in [0.2, 0.25) is 11.8 Å². The van der Waals surface area contributed by atoms with Gasteiger partial charge in [-0.1, -0.05) is 71.9 Å². The first-order chi connectivity index (χ1) is 15.3. The summed E-state index contributed by atoms with van der Waals surface area (Å²) in [5.41, 5.74) is 3.08. The SMILES string of the molecule is Cc1cccc(CN(C(=O)CSCc2ccc(Cl)cc2Cl)[C@H](C)C(=O)NC2CCCC2)c1. The summed E-state index contributed by atoms with van der Waals surface area (Å²) in [6.07, 6.45) is 4.33. The molecule has 1 aliphatic carbocycles. The first-order valence-electron chi connectivity index (χ1n) is 11.0. The van der Waals surface area contributed by atoms with E-state index in [-0.39, 0.29) is 23.6 Å². The van der Waals surface area contributed by atoms with Crippen molar-refractivity contribution in [1.82, 2.24) is 10.2 Å². The number of halogens is 2. The zero-order valence-corrected chi connectivity index (χ0v) is 20.9. The lowest BCUT2D eigenvalue weighted by atomic mass is 10.1. The monoisotopic (exact) mass is 492 g/mol. The average Bonchev–Trinajstić information content (AvgIpc) is 3.26. The number of nitrogens with one attached hydrogen (secondary N) is 1. The Hall–Kier alpha value is -1.69. The first kappa shape index (κ1) is 24.9. The molecular formula is C25H30Cl2N2O2S. The topological polar surface area (TPSA) is 49.4 Å². The molecule has 0 spiro atoms. The van der Waals surface area contributed by atoms with Crippen LogP contribution in [0, 0.1) is 6.92 Å². The maximum absolute atomic E-state index is 13.2. The molecule has 0 aromatic heterocycles. The predicted octanol–water partition coefficient (Wildman–Crippen LogP) is 6.01. The number of carbonyl (C=O) groups excluding carboxylic acids is 2. The van der Waals surface area contributed by atoms with Gasteiger partial charge < -0.3 is 10.2 Å². The molecule has 2 amide bonds. The lowest BCUT2D eigenvalue weighted by Gasteiger charge is -2.30. The second-order valence-electron chi connectivity index (χ2n) is 8.41. The van der Waals surface area contributed by atoms with Crippen molar-refractivity contribution in [1.29, 1.82) is 0 Å². The van der Waals surface area contributed by atoms with Crippen LogP contribution in [-0.4, -0.2) is 34.6 Å². The molecule has 2 aromatic rings. The average molecular weight is 494 g/mol. The summed E-state index contributed by atoms with van der Waals surface area (Å²) < 4.78 is 0. The summed E-state index contributed by atoms with van der Waals surface area (Å²) in [4.78, 5) is 27.8. The standard InChI is InChI=1S/C25H30Cl2N2O2S/c1-17-6-5-7-19(12-17)14-29(18(2)25(31)28-22-8-3-4-9-22)24(30)16-32-15-20-10-11-21(26)13-23(20)27/h5-7,10-13,18,22H,3-4,8-9,14-16H2,1-2H3,(H,28,31)/t18-/m1/s1. The number of rotatable bonds is 9. The molecular weight excluding hydrogens is 463 g/mol. The summed E-state index contributed by atoms with van der Waals surface area (Å²) in [5.74, 6) is 0.730. The Balaban J connectivity index is 1.66. The number of hydrogen-bond donors (Lipinski definition) is 1. The highest BCUT2D eigenvalue weighted by atomic mass is 35.5. The van der Waals surface area contributed by atoms with E-state index in [1.807, 2.05) is 38.1 Å². The van der Waals surface area contributed by atoms with E-state index in [0.717, 1.165) is 42.4 Å². The summed E-state index contributed by atoms with van der Waals surface area (Å²) in [6, 6.07) is 13.1. The van der Waals surface area contributed by atoms with E-state index in [1.54, 1.807) is 17.0 Å². The van der Waals surface area contributed by atoms with Crippen molar-refractivity contribution in [3.05, 3.63) is 69.2 Å². The third-order valence-corrected chi connectivity index (χ3v) is 7.36. The highest BCUT2D eigenvalue weighted by molar-refractivity contribution is 7.99. The van der Waals surface area contributed by atoms with Crippen molar-refractivity contribution in [2.75, 3.05) is 5.75 Å². The zero-order chi connectivity index (χ0) is 23.1. The predicted molar refractivity (Wildman–Crippen MR) is 134 cm³/mol. The molecule has 3 rings (SSSR count). The third kappa shape index (κ3) is 7.16. The minimum Gasteiger partial charge on any atom is -0.352 e. The number of aryl methyl sites for hydroxylation is 1. The van der Waals surface area contributed by atoms with E-state index in [9.17, 15) is 9.59 Å². The van der Waals surface area contributed by atoms with Crippen LogP contribution in [0.25, 0.3) is 0 Å². The molecule has 1 aliphatic rings.